The maximum Gasteiger partial charge on any atom is 0.220 e. The second-order valence-corrected chi connectivity index (χ2v) is 7.70. The fourth-order valence-corrected chi connectivity index (χ4v) is 2.73. The van der Waals surface area contributed by atoms with E-state index >= 15 is 0 Å². The molecule has 0 spiro atoms. The Labute approximate surface area is 143 Å². The number of hydrogen-bond acceptors (Lipinski definition) is 4. The highest BCUT2D eigenvalue weighted by Gasteiger charge is 2.05. The molecule has 124 valence electrons. The summed E-state index contributed by atoms with van der Waals surface area (Å²) in [5, 5.41) is 3.12. The summed E-state index contributed by atoms with van der Waals surface area (Å²) in [6.07, 6.45) is 1.91. The molecule has 0 aliphatic carbocycles. The number of rotatable bonds is 9. The van der Waals surface area contributed by atoms with Crippen LogP contribution in [0.15, 0.2) is 22.7 Å². The van der Waals surface area contributed by atoms with Crippen molar-refractivity contribution in [2.45, 2.75) is 12.8 Å². The van der Waals surface area contributed by atoms with Crippen LogP contribution >= 0.6 is 27.5 Å². The van der Waals surface area contributed by atoms with Gasteiger partial charge >= 0.3 is 0 Å². The lowest BCUT2D eigenvalue weighted by atomic mass is 10.3. The molecular formula is C13H18BrClN2O4S. The number of ether oxygens (including phenoxy) is 1. The van der Waals surface area contributed by atoms with E-state index in [1.807, 2.05) is 6.07 Å². The first kappa shape index (κ1) is 19.2. The fourth-order valence-electron chi connectivity index (χ4n) is 1.53. The van der Waals surface area contributed by atoms with Gasteiger partial charge in [-0.25, -0.2) is 13.1 Å². The first-order chi connectivity index (χ1) is 10.3. The van der Waals surface area contributed by atoms with E-state index in [1.165, 1.54) is 0 Å². The maximum absolute atomic E-state index is 11.5. The number of halogens is 2. The number of nitrogens with one attached hydrogen (secondary N) is 2. The molecule has 1 rings (SSSR count). The number of hydrogen-bond donors (Lipinski definition) is 2. The lowest BCUT2D eigenvalue weighted by Crippen LogP contribution is -2.34. The van der Waals surface area contributed by atoms with Crippen molar-refractivity contribution < 1.29 is 17.9 Å². The van der Waals surface area contributed by atoms with E-state index in [9.17, 15) is 13.2 Å². The van der Waals surface area contributed by atoms with Crippen molar-refractivity contribution in [2.24, 2.45) is 0 Å². The number of sulfonamides is 1. The first-order valence-corrected chi connectivity index (χ1v) is 9.63. The minimum absolute atomic E-state index is 0.152. The van der Waals surface area contributed by atoms with E-state index in [4.69, 9.17) is 16.3 Å². The Morgan fingerprint density at radius 2 is 2.09 bits per heavy atom. The molecule has 0 fully saturated rings. The van der Waals surface area contributed by atoms with Gasteiger partial charge in [-0.15, -0.1) is 0 Å². The molecule has 0 saturated heterocycles. The first-order valence-electron chi connectivity index (χ1n) is 6.57. The van der Waals surface area contributed by atoms with Crippen LogP contribution in [0.25, 0.3) is 0 Å². The molecule has 2 N–H and O–H groups in total. The Kier molecular flexibility index (Phi) is 8.16. The molecule has 22 heavy (non-hydrogen) atoms. The highest BCUT2D eigenvalue weighted by molar-refractivity contribution is 9.10. The van der Waals surface area contributed by atoms with Gasteiger partial charge in [0.2, 0.25) is 15.9 Å². The van der Waals surface area contributed by atoms with Crippen LogP contribution in [0.2, 0.25) is 5.02 Å². The van der Waals surface area contributed by atoms with E-state index < -0.39 is 10.0 Å². The van der Waals surface area contributed by atoms with E-state index in [0.29, 0.717) is 30.2 Å². The molecule has 0 atom stereocenters. The lowest BCUT2D eigenvalue weighted by Gasteiger charge is -2.08. The van der Waals surface area contributed by atoms with Gasteiger partial charge in [-0.05, 0) is 24.6 Å². The normalized spacial score (nSPS) is 11.2. The molecule has 1 aromatic rings. The van der Waals surface area contributed by atoms with Crippen molar-refractivity contribution in [3.63, 3.8) is 0 Å². The summed E-state index contributed by atoms with van der Waals surface area (Å²) in [6.45, 7) is 0.803. The number of benzene rings is 1. The zero-order valence-electron chi connectivity index (χ0n) is 12.1. The van der Waals surface area contributed by atoms with Gasteiger partial charge in [0.05, 0.1) is 17.9 Å². The van der Waals surface area contributed by atoms with Gasteiger partial charge < -0.3 is 10.1 Å². The Balaban J connectivity index is 2.15. The Bertz CT molecular complexity index is 610. The predicted molar refractivity (Wildman–Crippen MR) is 89.7 cm³/mol. The summed E-state index contributed by atoms with van der Waals surface area (Å²) in [5.74, 6) is 0.420. The second kappa shape index (κ2) is 9.34. The van der Waals surface area contributed by atoms with Gasteiger partial charge in [-0.2, -0.15) is 0 Å². The predicted octanol–water partition coefficient (Wildman–Crippen LogP) is 1.93. The Morgan fingerprint density at radius 3 is 2.73 bits per heavy atom. The maximum atomic E-state index is 11.5. The molecule has 1 aromatic carbocycles. The van der Waals surface area contributed by atoms with Crippen molar-refractivity contribution in [3.05, 3.63) is 27.7 Å². The van der Waals surface area contributed by atoms with Crippen LogP contribution < -0.4 is 14.8 Å². The van der Waals surface area contributed by atoms with Crippen molar-refractivity contribution in [2.75, 3.05) is 26.0 Å². The molecule has 0 aliphatic heterocycles. The fraction of sp³-hybridized carbons (Fsp3) is 0.462. The summed E-state index contributed by atoms with van der Waals surface area (Å²) < 4.78 is 30.3. The van der Waals surface area contributed by atoms with Gasteiger partial charge in [-0.1, -0.05) is 27.5 Å². The quantitative estimate of drug-likeness (QED) is 0.606. The number of carbonyl (C=O) groups excluding carboxylic acids is 1. The second-order valence-electron chi connectivity index (χ2n) is 4.54. The van der Waals surface area contributed by atoms with Crippen molar-refractivity contribution in [3.8, 4) is 5.75 Å². The SMILES string of the molecule is CS(=O)(=O)NCCNC(=O)CCCOc1ccc(Br)cc1Cl. The topological polar surface area (TPSA) is 84.5 Å². The minimum Gasteiger partial charge on any atom is -0.492 e. The van der Waals surface area contributed by atoms with E-state index in [-0.39, 0.29) is 19.0 Å². The summed E-state index contributed by atoms with van der Waals surface area (Å²) in [7, 11) is -3.22. The largest absolute Gasteiger partial charge is 0.492 e. The van der Waals surface area contributed by atoms with Crippen LogP contribution in [0, 0.1) is 0 Å². The molecule has 0 bridgehead atoms. The van der Waals surface area contributed by atoms with E-state index in [2.05, 4.69) is 26.0 Å². The van der Waals surface area contributed by atoms with E-state index in [1.54, 1.807) is 12.1 Å². The molecular weight excluding hydrogens is 396 g/mol. The third-order valence-electron chi connectivity index (χ3n) is 2.51. The summed E-state index contributed by atoms with van der Waals surface area (Å²) in [5.41, 5.74) is 0. The van der Waals surface area contributed by atoms with E-state index in [0.717, 1.165) is 10.7 Å². The summed E-state index contributed by atoms with van der Waals surface area (Å²) in [4.78, 5) is 11.5. The van der Waals surface area contributed by atoms with Crippen LogP contribution in [-0.4, -0.2) is 40.3 Å². The van der Waals surface area contributed by atoms with Crippen LogP contribution in [-0.2, 0) is 14.8 Å². The van der Waals surface area contributed by atoms with Crippen molar-refractivity contribution in [1.82, 2.24) is 10.0 Å². The standard InChI is InChI=1S/C13H18BrClN2O4S/c1-22(19,20)17-7-6-16-13(18)3-2-8-21-12-5-4-10(14)9-11(12)15/h4-5,9,17H,2-3,6-8H2,1H3,(H,16,18). The van der Waals surface area contributed by atoms with Crippen LogP contribution in [0.4, 0.5) is 0 Å². The highest BCUT2D eigenvalue weighted by atomic mass is 79.9. The minimum atomic E-state index is -3.22. The van der Waals surface area contributed by atoms with Crippen molar-refractivity contribution in [1.29, 1.82) is 0 Å². The van der Waals surface area contributed by atoms with Gasteiger partial charge in [0, 0.05) is 24.0 Å². The van der Waals surface area contributed by atoms with Gasteiger partial charge in [0.1, 0.15) is 5.75 Å². The molecule has 0 saturated carbocycles. The smallest absolute Gasteiger partial charge is 0.220 e. The molecule has 1 amide bonds. The monoisotopic (exact) mass is 412 g/mol. The molecule has 0 radical (unpaired) electrons. The zero-order chi connectivity index (χ0) is 16.6. The average Bonchev–Trinajstić information content (AvgIpc) is 2.40. The van der Waals surface area contributed by atoms with Gasteiger partial charge in [-0.3, -0.25) is 4.79 Å². The lowest BCUT2D eigenvalue weighted by molar-refractivity contribution is -0.121. The van der Waals surface area contributed by atoms with Crippen LogP contribution in [0.1, 0.15) is 12.8 Å². The summed E-state index contributed by atoms with van der Waals surface area (Å²) in [6, 6.07) is 5.31. The molecule has 0 unspecified atom stereocenters. The Morgan fingerprint density at radius 1 is 1.36 bits per heavy atom. The zero-order valence-corrected chi connectivity index (χ0v) is 15.2. The number of amides is 1. The van der Waals surface area contributed by atoms with Crippen LogP contribution in [0.3, 0.4) is 0 Å². The molecule has 0 aromatic heterocycles. The summed E-state index contributed by atoms with van der Waals surface area (Å²) >= 11 is 9.31. The molecule has 9 heteroatoms. The molecule has 0 aliphatic rings. The number of carbonyl (C=O) groups is 1. The van der Waals surface area contributed by atoms with Gasteiger partial charge in [0.15, 0.2) is 0 Å². The van der Waals surface area contributed by atoms with Crippen LogP contribution in [0.5, 0.6) is 5.75 Å². The third kappa shape index (κ3) is 8.57. The highest BCUT2D eigenvalue weighted by Crippen LogP contribution is 2.27. The molecule has 0 heterocycles. The molecule has 6 nitrogen and oxygen atoms in total. The average molecular weight is 414 g/mol. The Hall–Kier alpha value is -0.830. The van der Waals surface area contributed by atoms with Crippen molar-refractivity contribution >= 4 is 43.5 Å². The van der Waals surface area contributed by atoms with Gasteiger partial charge in [0.25, 0.3) is 0 Å². The third-order valence-corrected chi connectivity index (χ3v) is 4.03.